The van der Waals surface area contributed by atoms with Gasteiger partial charge in [0.15, 0.2) is 5.84 Å². The molecule has 0 aromatic heterocycles. The minimum Gasteiger partial charge on any atom is -0.457 e. The Labute approximate surface area is 133 Å². The zero-order valence-corrected chi connectivity index (χ0v) is 13.4. The predicted molar refractivity (Wildman–Crippen MR) is 84.9 cm³/mol. The highest BCUT2D eigenvalue weighted by molar-refractivity contribution is 9.10. The lowest BCUT2D eigenvalue weighted by atomic mass is 10.2. The fraction of sp³-hybridized carbons (Fsp3) is 0.0714. The number of oxime groups is 1. The molecule has 0 amide bonds. The van der Waals surface area contributed by atoms with E-state index in [0.717, 1.165) is 4.90 Å². The van der Waals surface area contributed by atoms with E-state index in [1.165, 1.54) is 30.0 Å². The number of nitrogens with zero attached hydrogens (tertiary/aromatic N) is 1. The molecule has 0 aliphatic heterocycles. The number of rotatable bonds is 4. The van der Waals surface area contributed by atoms with E-state index in [2.05, 4.69) is 21.1 Å². The molecule has 0 bridgehead atoms. The van der Waals surface area contributed by atoms with Gasteiger partial charge in [-0.15, -0.1) is 11.8 Å². The van der Waals surface area contributed by atoms with Gasteiger partial charge in [0.05, 0.1) is 10.0 Å². The van der Waals surface area contributed by atoms with E-state index >= 15 is 0 Å². The first-order chi connectivity index (χ1) is 10.1. The van der Waals surface area contributed by atoms with Crippen LogP contribution in [-0.2, 0) is 0 Å². The first kappa shape index (κ1) is 15.7. The maximum atomic E-state index is 13.2. The van der Waals surface area contributed by atoms with E-state index in [4.69, 9.17) is 15.7 Å². The van der Waals surface area contributed by atoms with Gasteiger partial charge in [0.25, 0.3) is 0 Å². The summed E-state index contributed by atoms with van der Waals surface area (Å²) >= 11 is 4.55. The third kappa shape index (κ3) is 3.48. The summed E-state index contributed by atoms with van der Waals surface area (Å²) in [6, 6.07) is 9.64. The van der Waals surface area contributed by atoms with Crippen LogP contribution in [0.15, 0.2) is 50.9 Å². The number of amidine groups is 1. The number of ether oxygens (including phenoxy) is 1. The van der Waals surface area contributed by atoms with Gasteiger partial charge in [-0.05, 0) is 52.5 Å². The molecule has 0 radical (unpaired) electrons. The van der Waals surface area contributed by atoms with E-state index in [1.807, 2.05) is 12.3 Å². The number of hydrogen-bond donors (Lipinski definition) is 2. The van der Waals surface area contributed by atoms with Gasteiger partial charge >= 0.3 is 0 Å². The lowest BCUT2D eigenvalue weighted by Gasteiger charge is -2.13. The SMILES string of the molecule is CSc1cccc(Oc2ccc(F)c(Br)c2)c1/C(N)=N/O. The van der Waals surface area contributed by atoms with Crippen molar-refractivity contribution >= 4 is 33.5 Å². The van der Waals surface area contributed by atoms with E-state index in [0.29, 0.717) is 21.5 Å². The molecule has 0 saturated carbocycles. The van der Waals surface area contributed by atoms with Gasteiger partial charge in [0, 0.05) is 4.90 Å². The van der Waals surface area contributed by atoms with Crippen molar-refractivity contribution in [3.05, 3.63) is 52.3 Å². The molecular formula is C14H12BrFN2O2S. The Morgan fingerprint density at radius 1 is 1.38 bits per heavy atom. The summed E-state index contributed by atoms with van der Waals surface area (Å²) in [4.78, 5) is 0.809. The molecule has 0 unspecified atom stereocenters. The molecule has 0 spiro atoms. The molecule has 0 heterocycles. The van der Waals surface area contributed by atoms with Gasteiger partial charge in [0.2, 0.25) is 0 Å². The van der Waals surface area contributed by atoms with Crippen molar-refractivity contribution in [2.45, 2.75) is 4.90 Å². The summed E-state index contributed by atoms with van der Waals surface area (Å²) < 4.78 is 19.3. The Balaban J connectivity index is 2.46. The number of nitrogens with two attached hydrogens (primary N) is 1. The maximum absolute atomic E-state index is 13.2. The van der Waals surface area contributed by atoms with E-state index < -0.39 is 0 Å². The van der Waals surface area contributed by atoms with Crippen molar-refractivity contribution in [1.29, 1.82) is 0 Å². The average molecular weight is 371 g/mol. The van der Waals surface area contributed by atoms with Crippen molar-refractivity contribution in [2.75, 3.05) is 6.26 Å². The normalized spacial score (nSPS) is 11.5. The zero-order chi connectivity index (χ0) is 15.4. The maximum Gasteiger partial charge on any atom is 0.175 e. The summed E-state index contributed by atoms with van der Waals surface area (Å²) in [6.45, 7) is 0. The van der Waals surface area contributed by atoms with Crippen LogP contribution in [0.1, 0.15) is 5.56 Å². The molecule has 4 nitrogen and oxygen atoms in total. The van der Waals surface area contributed by atoms with Crippen molar-refractivity contribution < 1.29 is 14.3 Å². The van der Waals surface area contributed by atoms with Crippen LogP contribution >= 0.6 is 27.7 Å². The molecule has 0 saturated heterocycles. The van der Waals surface area contributed by atoms with Crippen LogP contribution in [0.5, 0.6) is 11.5 Å². The average Bonchev–Trinajstić information content (AvgIpc) is 2.50. The lowest BCUT2D eigenvalue weighted by Crippen LogP contribution is -2.15. The highest BCUT2D eigenvalue weighted by atomic mass is 79.9. The van der Waals surface area contributed by atoms with Gasteiger partial charge in [-0.2, -0.15) is 0 Å². The molecule has 3 N–H and O–H groups in total. The third-order valence-corrected chi connectivity index (χ3v) is 4.08. The van der Waals surface area contributed by atoms with E-state index in [-0.39, 0.29) is 11.7 Å². The second-order valence-corrected chi connectivity index (χ2v) is 5.70. The number of benzene rings is 2. The van der Waals surface area contributed by atoms with Crippen LogP contribution in [0.3, 0.4) is 0 Å². The van der Waals surface area contributed by atoms with Crippen LogP contribution in [0, 0.1) is 5.82 Å². The fourth-order valence-electron chi connectivity index (χ4n) is 1.74. The molecular weight excluding hydrogens is 359 g/mol. The smallest absolute Gasteiger partial charge is 0.175 e. The quantitative estimate of drug-likeness (QED) is 0.278. The molecule has 0 fully saturated rings. The molecule has 2 rings (SSSR count). The Kier molecular flexibility index (Phi) is 5.08. The van der Waals surface area contributed by atoms with Crippen molar-refractivity contribution in [2.24, 2.45) is 10.9 Å². The minimum absolute atomic E-state index is 0.0453. The minimum atomic E-state index is -0.378. The van der Waals surface area contributed by atoms with E-state index in [1.54, 1.807) is 12.1 Å². The predicted octanol–water partition coefficient (Wildman–Crippen LogP) is 4.20. The summed E-state index contributed by atoms with van der Waals surface area (Å²) in [7, 11) is 0. The second kappa shape index (κ2) is 6.82. The third-order valence-electron chi connectivity index (χ3n) is 2.69. The Bertz CT molecular complexity index is 695. The number of hydrogen-bond acceptors (Lipinski definition) is 4. The molecule has 7 heteroatoms. The van der Waals surface area contributed by atoms with Crippen molar-refractivity contribution in [3.8, 4) is 11.5 Å². The van der Waals surface area contributed by atoms with Crippen LogP contribution in [0.25, 0.3) is 0 Å². The Morgan fingerprint density at radius 2 is 2.14 bits per heavy atom. The largest absolute Gasteiger partial charge is 0.457 e. The lowest BCUT2D eigenvalue weighted by molar-refractivity contribution is 0.318. The molecule has 2 aromatic carbocycles. The first-order valence-electron chi connectivity index (χ1n) is 5.84. The van der Waals surface area contributed by atoms with Crippen LogP contribution < -0.4 is 10.5 Å². The molecule has 21 heavy (non-hydrogen) atoms. The monoisotopic (exact) mass is 370 g/mol. The van der Waals surface area contributed by atoms with Gasteiger partial charge in [-0.3, -0.25) is 0 Å². The summed E-state index contributed by atoms with van der Waals surface area (Å²) in [5.74, 6) is 0.442. The van der Waals surface area contributed by atoms with Gasteiger partial charge in [0.1, 0.15) is 17.3 Å². The number of thioether (sulfide) groups is 1. The summed E-state index contributed by atoms with van der Waals surface area (Å²) in [5, 5.41) is 12.0. The summed E-state index contributed by atoms with van der Waals surface area (Å²) in [5.41, 5.74) is 6.21. The van der Waals surface area contributed by atoms with Gasteiger partial charge in [-0.25, -0.2) is 4.39 Å². The second-order valence-electron chi connectivity index (χ2n) is 4.00. The fourth-order valence-corrected chi connectivity index (χ4v) is 2.72. The molecule has 0 aliphatic carbocycles. The highest BCUT2D eigenvalue weighted by Crippen LogP contribution is 2.33. The van der Waals surface area contributed by atoms with E-state index in [9.17, 15) is 4.39 Å². The van der Waals surface area contributed by atoms with Crippen molar-refractivity contribution in [3.63, 3.8) is 0 Å². The molecule has 110 valence electrons. The van der Waals surface area contributed by atoms with Gasteiger partial charge < -0.3 is 15.7 Å². The van der Waals surface area contributed by atoms with Gasteiger partial charge in [-0.1, -0.05) is 11.2 Å². The number of halogens is 2. The Morgan fingerprint density at radius 3 is 2.76 bits per heavy atom. The standard InChI is InChI=1S/C14H12BrFN2O2S/c1-21-12-4-2-3-11(13(12)14(17)18-19)20-8-5-6-10(16)9(15)7-8/h2-7,19H,1H3,(H2,17,18). The highest BCUT2D eigenvalue weighted by Gasteiger charge is 2.14. The molecule has 2 aromatic rings. The topological polar surface area (TPSA) is 67.8 Å². The molecule has 0 atom stereocenters. The van der Waals surface area contributed by atoms with Crippen molar-refractivity contribution in [1.82, 2.24) is 0 Å². The van der Waals surface area contributed by atoms with Crippen LogP contribution in [0.4, 0.5) is 4.39 Å². The Hall–Kier alpha value is -1.73. The summed E-state index contributed by atoms with van der Waals surface area (Å²) in [6.07, 6.45) is 1.88. The zero-order valence-electron chi connectivity index (χ0n) is 11.0. The molecule has 0 aliphatic rings. The van der Waals surface area contributed by atoms with Crippen LogP contribution in [0.2, 0.25) is 0 Å². The van der Waals surface area contributed by atoms with Crippen LogP contribution in [-0.4, -0.2) is 17.3 Å². The first-order valence-corrected chi connectivity index (χ1v) is 7.86.